The molecular formula is C11H17NO4. The lowest BCUT2D eigenvalue weighted by atomic mass is 10.1. The van der Waals surface area contributed by atoms with Crippen molar-refractivity contribution < 1.29 is 19.1 Å². The zero-order valence-electron chi connectivity index (χ0n) is 9.91. The van der Waals surface area contributed by atoms with Gasteiger partial charge in [-0.15, -0.1) is 0 Å². The maximum absolute atomic E-state index is 11.6. The average molecular weight is 227 g/mol. The summed E-state index contributed by atoms with van der Waals surface area (Å²) >= 11 is 0. The molecule has 0 aliphatic carbocycles. The van der Waals surface area contributed by atoms with E-state index < -0.39 is 11.9 Å². The molecule has 0 amide bonds. The van der Waals surface area contributed by atoms with Crippen molar-refractivity contribution in [2.75, 3.05) is 27.8 Å². The van der Waals surface area contributed by atoms with Gasteiger partial charge in [-0.3, -0.25) is 4.79 Å². The number of rotatable bonds is 3. The minimum Gasteiger partial charge on any atom is -0.469 e. The van der Waals surface area contributed by atoms with Gasteiger partial charge in [-0.25, -0.2) is 4.79 Å². The van der Waals surface area contributed by atoms with Crippen LogP contribution in [0.1, 0.15) is 19.3 Å². The Balaban J connectivity index is 2.94. The van der Waals surface area contributed by atoms with Crippen molar-refractivity contribution in [2.24, 2.45) is 0 Å². The first-order valence-corrected chi connectivity index (χ1v) is 5.18. The standard InChI is InChI=1S/C11H17NO4/c1-12-6-4-5-9(12)8(11(14)16-3)7-10(13)15-2/h4-7H2,1-3H3/b9-8+. The van der Waals surface area contributed by atoms with Crippen LogP contribution in [0.5, 0.6) is 0 Å². The van der Waals surface area contributed by atoms with Crippen molar-refractivity contribution in [3.05, 3.63) is 11.3 Å². The van der Waals surface area contributed by atoms with Gasteiger partial charge in [-0.05, 0) is 12.8 Å². The number of hydrogen-bond donors (Lipinski definition) is 0. The van der Waals surface area contributed by atoms with E-state index in [9.17, 15) is 9.59 Å². The lowest BCUT2D eigenvalue weighted by Crippen LogP contribution is -2.19. The molecule has 90 valence electrons. The Morgan fingerprint density at radius 2 is 2.00 bits per heavy atom. The maximum atomic E-state index is 11.6. The van der Waals surface area contributed by atoms with Gasteiger partial charge >= 0.3 is 11.9 Å². The molecular weight excluding hydrogens is 210 g/mol. The third kappa shape index (κ3) is 2.74. The number of ether oxygens (including phenoxy) is 2. The Bertz CT molecular complexity index is 322. The number of hydrogen-bond acceptors (Lipinski definition) is 5. The van der Waals surface area contributed by atoms with E-state index in [1.807, 2.05) is 11.9 Å². The highest BCUT2D eigenvalue weighted by Crippen LogP contribution is 2.25. The Morgan fingerprint density at radius 1 is 1.31 bits per heavy atom. The number of esters is 2. The molecule has 1 fully saturated rings. The number of nitrogens with zero attached hydrogens (tertiary/aromatic N) is 1. The molecule has 1 rings (SSSR count). The molecule has 0 atom stereocenters. The third-order valence-electron chi connectivity index (χ3n) is 2.70. The maximum Gasteiger partial charge on any atom is 0.336 e. The fraction of sp³-hybridized carbons (Fsp3) is 0.636. The van der Waals surface area contributed by atoms with Gasteiger partial charge < -0.3 is 14.4 Å². The summed E-state index contributed by atoms with van der Waals surface area (Å²) in [6, 6.07) is 0. The highest BCUT2D eigenvalue weighted by Gasteiger charge is 2.24. The molecule has 0 radical (unpaired) electrons. The van der Waals surface area contributed by atoms with E-state index in [0.29, 0.717) is 5.57 Å². The Labute approximate surface area is 95.0 Å². The minimum atomic E-state index is -0.450. The van der Waals surface area contributed by atoms with Crippen LogP contribution in [-0.4, -0.2) is 44.7 Å². The lowest BCUT2D eigenvalue weighted by Gasteiger charge is -2.16. The van der Waals surface area contributed by atoms with Crippen molar-refractivity contribution >= 4 is 11.9 Å². The zero-order valence-corrected chi connectivity index (χ0v) is 9.91. The van der Waals surface area contributed by atoms with Crippen LogP contribution >= 0.6 is 0 Å². The van der Waals surface area contributed by atoms with E-state index >= 15 is 0 Å². The number of likely N-dealkylation sites (tertiary alicyclic amines) is 1. The van der Waals surface area contributed by atoms with Crippen molar-refractivity contribution in [1.29, 1.82) is 0 Å². The molecule has 0 unspecified atom stereocenters. The molecule has 1 saturated heterocycles. The molecule has 16 heavy (non-hydrogen) atoms. The van der Waals surface area contributed by atoms with E-state index in [1.54, 1.807) is 0 Å². The molecule has 0 N–H and O–H groups in total. The first-order chi connectivity index (χ1) is 7.60. The van der Waals surface area contributed by atoms with Crippen molar-refractivity contribution in [1.82, 2.24) is 4.90 Å². The summed E-state index contributed by atoms with van der Waals surface area (Å²) in [5.41, 5.74) is 1.30. The van der Waals surface area contributed by atoms with Crippen molar-refractivity contribution in [2.45, 2.75) is 19.3 Å². The third-order valence-corrected chi connectivity index (χ3v) is 2.70. The molecule has 0 aromatic heterocycles. The molecule has 1 heterocycles. The monoisotopic (exact) mass is 227 g/mol. The Hall–Kier alpha value is -1.52. The largest absolute Gasteiger partial charge is 0.469 e. The summed E-state index contributed by atoms with van der Waals surface area (Å²) in [6.45, 7) is 0.900. The SMILES string of the molecule is COC(=O)C/C(C(=O)OC)=C1/CCCN1C. The van der Waals surface area contributed by atoms with Crippen LogP contribution in [0.2, 0.25) is 0 Å². The van der Waals surface area contributed by atoms with Crippen LogP contribution in [0, 0.1) is 0 Å². The Kier molecular flexibility index (Phi) is 4.34. The van der Waals surface area contributed by atoms with Gasteiger partial charge in [0.25, 0.3) is 0 Å². The fourth-order valence-electron chi connectivity index (χ4n) is 1.82. The molecule has 0 spiro atoms. The second-order valence-electron chi connectivity index (χ2n) is 3.69. The normalized spacial score (nSPS) is 18.3. The molecule has 0 saturated carbocycles. The molecule has 5 heteroatoms. The number of allylic oxidation sites excluding steroid dienone is 1. The fourth-order valence-corrected chi connectivity index (χ4v) is 1.82. The number of carbonyl (C=O) groups is 2. The van der Waals surface area contributed by atoms with Crippen LogP contribution < -0.4 is 0 Å². The van der Waals surface area contributed by atoms with Gasteiger partial charge in [0.15, 0.2) is 0 Å². The van der Waals surface area contributed by atoms with Gasteiger partial charge in [-0.2, -0.15) is 0 Å². The van der Waals surface area contributed by atoms with E-state index in [0.717, 1.165) is 25.1 Å². The van der Waals surface area contributed by atoms with Gasteiger partial charge in [0.05, 0.1) is 26.2 Å². The van der Waals surface area contributed by atoms with Crippen molar-refractivity contribution in [3.8, 4) is 0 Å². The van der Waals surface area contributed by atoms with Gasteiger partial charge in [-0.1, -0.05) is 0 Å². The smallest absolute Gasteiger partial charge is 0.336 e. The van der Waals surface area contributed by atoms with Crippen LogP contribution in [0.3, 0.4) is 0 Å². The summed E-state index contributed by atoms with van der Waals surface area (Å²) in [5.74, 6) is -0.873. The highest BCUT2D eigenvalue weighted by atomic mass is 16.5. The topological polar surface area (TPSA) is 55.8 Å². The van der Waals surface area contributed by atoms with Crippen LogP contribution in [-0.2, 0) is 19.1 Å². The number of methoxy groups -OCH3 is 2. The summed E-state index contributed by atoms with van der Waals surface area (Å²) in [6.07, 6.45) is 1.77. The van der Waals surface area contributed by atoms with Crippen LogP contribution in [0.4, 0.5) is 0 Å². The quantitative estimate of drug-likeness (QED) is 0.525. The van der Waals surface area contributed by atoms with Gasteiger partial charge in [0, 0.05) is 19.3 Å². The first kappa shape index (κ1) is 12.5. The van der Waals surface area contributed by atoms with E-state index in [1.165, 1.54) is 14.2 Å². The average Bonchev–Trinajstić information content (AvgIpc) is 2.70. The molecule has 0 aromatic rings. The minimum absolute atomic E-state index is 0.0250. The lowest BCUT2D eigenvalue weighted by molar-refractivity contribution is -0.143. The van der Waals surface area contributed by atoms with Gasteiger partial charge in [0.1, 0.15) is 0 Å². The number of carbonyl (C=O) groups excluding carboxylic acids is 2. The summed E-state index contributed by atoms with van der Waals surface area (Å²) in [5, 5.41) is 0. The molecule has 1 aliphatic heterocycles. The van der Waals surface area contributed by atoms with Gasteiger partial charge in [0.2, 0.25) is 0 Å². The second kappa shape index (κ2) is 5.53. The molecule has 5 nitrogen and oxygen atoms in total. The zero-order chi connectivity index (χ0) is 12.1. The highest BCUT2D eigenvalue weighted by molar-refractivity contribution is 5.94. The van der Waals surface area contributed by atoms with Crippen molar-refractivity contribution in [3.63, 3.8) is 0 Å². The molecule has 1 aliphatic rings. The molecule has 0 bridgehead atoms. The van der Waals surface area contributed by atoms with E-state index in [-0.39, 0.29) is 6.42 Å². The molecule has 0 aromatic carbocycles. The predicted molar refractivity (Wildman–Crippen MR) is 57.5 cm³/mol. The summed E-state index contributed by atoms with van der Waals surface area (Å²) in [7, 11) is 4.53. The van der Waals surface area contributed by atoms with E-state index in [4.69, 9.17) is 0 Å². The summed E-state index contributed by atoms with van der Waals surface area (Å²) < 4.78 is 9.26. The van der Waals surface area contributed by atoms with Crippen LogP contribution in [0.25, 0.3) is 0 Å². The predicted octanol–water partition coefficient (Wildman–Crippen LogP) is 0.702. The second-order valence-corrected chi connectivity index (χ2v) is 3.69. The first-order valence-electron chi connectivity index (χ1n) is 5.18. The van der Waals surface area contributed by atoms with Crippen LogP contribution in [0.15, 0.2) is 11.3 Å². The Morgan fingerprint density at radius 3 is 2.44 bits per heavy atom. The summed E-state index contributed by atoms with van der Waals surface area (Å²) in [4.78, 5) is 24.8. The van der Waals surface area contributed by atoms with E-state index in [2.05, 4.69) is 9.47 Å².